The molecule has 2 rings (SSSR count). The lowest BCUT2D eigenvalue weighted by Crippen LogP contribution is -2.42. The van der Waals surface area contributed by atoms with Crippen LogP contribution in [0.2, 0.25) is 0 Å². The topological polar surface area (TPSA) is 75.4 Å². The average Bonchev–Trinajstić information content (AvgIpc) is 2.80. The number of carbonyl (C=O) groups is 2. The number of rotatable bonds is 4. The summed E-state index contributed by atoms with van der Waals surface area (Å²) in [6.07, 6.45) is 0.213. The number of aromatic nitrogens is 1. The molecule has 2 atom stereocenters. The second-order valence-electron chi connectivity index (χ2n) is 5.58. The zero-order valence-electron chi connectivity index (χ0n) is 12.6. The van der Waals surface area contributed by atoms with Crippen LogP contribution in [0.3, 0.4) is 0 Å². The molecule has 6 nitrogen and oxygen atoms in total. The highest BCUT2D eigenvalue weighted by atomic mass is 16.5. The molecule has 0 aromatic carbocycles. The smallest absolute Gasteiger partial charge is 0.247 e. The first-order valence-electron chi connectivity index (χ1n) is 6.87. The number of carbonyl (C=O) groups excluding carboxylic acids is 2. The molecule has 0 bridgehead atoms. The minimum atomic E-state index is -0.464. The molecule has 20 heavy (non-hydrogen) atoms. The van der Waals surface area contributed by atoms with Crippen LogP contribution in [0.4, 0.5) is 0 Å². The minimum absolute atomic E-state index is 0.0879. The first-order valence-corrected chi connectivity index (χ1v) is 6.87. The summed E-state index contributed by atoms with van der Waals surface area (Å²) in [5.74, 6) is 0.470. The summed E-state index contributed by atoms with van der Waals surface area (Å²) in [5.41, 5.74) is 1.76. The number of imide groups is 1. The standard InChI is InChI=1S/C14H21N3O3/c1-7(2)17-12(18)6-11(14(17)19)15-8(3)13-9(4)16-20-10(13)5/h7-8,11,15H,6H2,1-5H3. The Hall–Kier alpha value is -1.69. The first-order chi connectivity index (χ1) is 9.32. The van der Waals surface area contributed by atoms with E-state index in [4.69, 9.17) is 4.52 Å². The zero-order chi connectivity index (χ0) is 15.0. The highest BCUT2D eigenvalue weighted by Gasteiger charge is 2.40. The fraction of sp³-hybridized carbons (Fsp3) is 0.643. The van der Waals surface area contributed by atoms with Gasteiger partial charge in [0.2, 0.25) is 11.8 Å². The molecule has 0 aliphatic carbocycles. The summed E-state index contributed by atoms with van der Waals surface area (Å²) < 4.78 is 5.14. The van der Waals surface area contributed by atoms with Gasteiger partial charge in [0.25, 0.3) is 0 Å². The van der Waals surface area contributed by atoms with Gasteiger partial charge in [-0.3, -0.25) is 19.8 Å². The molecule has 110 valence electrons. The number of hydrogen-bond acceptors (Lipinski definition) is 5. The van der Waals surface area contributed by atoms with Crippen LogP contribution in [-0.2, 0) is 9.59 Å². The third-order valence-corrected chi connectivity index (χ3v) is 3.67. The Kier molecular flexibility index (Phi) is 3.94. The third kappa shape index (κ3) is 2.47. The van der Waals surface area contributed by atoms with Gasteiger partial charge in [-0.1, -0.05) is 5.16 Å². The average molecular weight is 279 g/mol. The van der Waals surface area contributed by atoms with E-state index < -0.39 is 6.04 Å². The SMILES string of the molecule is Cc1noc(C)c1C(C)NC1CC(=O)N(C(C)C)C1=O. The van der Waals surface area contributed by atoms with Gasteiger partial charge >= 0.3 is 0 Å². The quantitative estimate of drug-likeness (QED) is 0.845. The van der Waals surface area contributed by atoms with E-state index in [9.17, 15) is 9.59 Å². The summed E-state index contributed by atoms with van der Waals surface area (Å²) in [4.78, 5) is 25.4. The van der Waals surface area contributed by atoms with Gasteiger partial charge in [0.1, 0.15) is 5.76 Å². The molecule has 1 fully saturated rings. The van der Waals surface area contributed by atoms with Gasteiger partial charge in [-0.05, 0) is 34.6 Å². The van der Waals surface area contributed by atoms with Gasteiger partial charge in [0.05, 0.1) is 18.2 Å². The molecule has 1 N–H and O–H groups in total. The van der Waals surface area contributed by atoms with Crippen molar-refractivity contribution < 1.29 is 14.1 Å². The predicted octanol–water partition coefficient (Wildman–Crippen LogP) is 1.48. The number of aryl methyl sites for hydroxylation is 2. The van der Waals surface area contributed by atoms with E-state index in [1.165, 1.54) is 4.90 Å². The van der Waals surface area contributed by atoms with Crippen molar-refractivity contribution in [3.63, 3.8) is 0 Å². The Morgan fingerprint density at radius 2 is 1.95 bits per heavy atom. The fourth-order valence-corrected chi connectivity index (χ4v) is 2.82. The van der Waals surface area contributed by atoms with Crippen molar-refractivity contribution in [3.05, 3.63) is 17.0 Å². The Balaban J connectivity index is 2.12. The summed E-state index contributed by atoms with van der Waals surface area (Å²) in [7, 11) is 0. The van der Waals surface area contributed by atoms with Crippen molar-refractivity contribution in [2.24, 2.45) is 0 Å². The van der Waals surface area contributed by atoms with Gasteiger partial charge in [-0.25, -0.2) is 0 Å². The van der Waals surface area contributed by atoms with Crippen molar-refractivity contribution in [2.75, 3.05) is 0 Å². The molecule has 6 heteroatoms. The highest BCUT2D eigenvalue weighted by molar-refractivity contribution is 6.05. The zero-order valence-corrected chi connectivity index (χ0v) is 12.6. The number of amides is 2. The van der Waals surface area contributed by atoms with Crippen molar-refractivity contribution in [2.45, 2.75) is 59.2 Å². The van der Waals surface area contributed by atoms with Gasteiger partial charge in [0.15, 0.2) is 0 Å². The molecule has 1 aromatic rings. The van der Waals surface area contributed by atoms with Crippen LogP contribution in [0.1, 0.15) is 50.3 Å². The molecular weight excluding hydrogens is 258 g/mol. The van der Waals surface area contributed by atoms with E-state index >= 15 is 0 Å². The molecule has 2 amide bonds. The van der Waals surface area contributed by atoms with Crippen LogP contribution in [0, 0.1) is 13.8 Å². The van der Waals surface area contributed by atoms with Crippen LogP contribution < -0.4 is 5.32 Å². The van der Waals surface area contributed by atoms with Crippen LogP contribution >= 0.6 is 0 Å². The minimum Gasteiger partial charge on any atom is -0.361 e. The maximum Gasteiger partial charge on any atom is 0.247 e. The number of likely N-dealkylation sites (tertiary alicyclic amines) is 1. The molecule has 1 aliphatic heterocycles. The van der Waals surface area contributed by atoms with Crippen LogP contribution in [-0.4, -0.2) is 34.0 Å². The molecule has 0 radical (unpaired) electrons. The molecular formula is C14H21N3O3. The predicted molar refractivity (Wildman–Crippen MR) is 72.9 cm³/mol. The van der Waals surface area contributed by atoms with Gasteiger partial charge < -0.3 is 4.52 Å². The summed E-state index contributed by atoms with van der Waals surface area (Å²) in [6.45, 7) is 9.34. The maximum absolute atomic E-state index is 12.2. The van der Waals surface area contributed by atoms with E-state index in [1.807, 2.05) is 34.6 Å². The van der Waals surface area contributed by atoms with Gasteiger partial charge in [-0.15, -0.1) is 0 Å². The largest absolute Gasteiger partial charge is 0.361 e. The molecule has 2 unspecified atom stereocenters. The van der Waals surface area contributed by atoms with Crippen molar-refractivity contribution in [1.82, 2.24) is 15.4 Å². The first kappa shape index (κ1) is 14.7. The van der Waals surface area contributed by atoms with Crippen molar-refractivity contribution >= 4 is 11.8 Å². The second kappa shape index (κ2) is 5.36. The third-order valence-electron chi connectivity index (χ3n) is 3.67. The molecule has 0 saturated carbocycles. The monoisotopic (exact) mass is 279 g/mol. The van der Waals surface area contributed by atoms with Gasteiger partial charge in [-0.2, -0.15) is 0 Å². The number of nitrogens with one attached hydrogen (secondary N) is 1. The molecule has 0 spiro atoms. The maximum atomic E-state index is 12.2. The summed E-state index contributed by atoms with van der Waals surface area (Å²) in [6, 6.07) is -0.653. The summed E-state index contributed by atoms with van der Waals surface area (Å²) in [5, 5.41) is 7.13. The molecule has 2 heterocycles. The lowest BCUT2D eigenvalue weighted by molar-refractivity contribution is -0.140. The van der Waals surface area contributed by atoms with E-state index in [0.29, 0.717) is 0 Å². The number of nitrogens with zero attached hydrogens (tertiary/aromatic N) is 2. The molecule has 1 saturated heterocycles. The van der Waals surface area contributed by atoms with E-state index in [1.54, 1.807) is 0 Å². The molecule has 1 aliphatic rings. The van der Waals surface area contributed by atoms with E-state index in [2.05, 4.69) is 10.5 Å². The van der Waals surface area contributed by atoms with Gasteiger partial charge in [0, 0.05) is 17.6 Å². The highest BCUT2D eigenvalue weighted by Crippen LogP contribution is 2.24. The van der Waals surface area contributed by atoms with Crippen LogP contribution in [0.5, 0.6) is 0 Å². The Bertz CT molecular complexity index is 516. The lowest BCUT2D eigenvalue weighted by atomic mass is 10.1. The molecule has 1 aromatic heterocycles. The lowest BCUT2D eigenvalue weighted by Gasteiger charge is -2.21. The summed E-state index contributed by atoms with van der Waals surface area (Å²) >= 11 is 0. The van der Waals surface area contributed by atoms with Crippen LogP contribution in [0.25, 0.3) is 0 Å². The number of hydrogen-bond donors (Lipinski definition) is 1. The second-order valence-corrected chi connectivity index (χ2v) is 5.58. The van der Waals surface area contributed by atoms with Crippen LogP contribution in [0.15, 0.2) is 4.52 Å². The van der Waals surface area contributed by atoms with Crippen molar-refractivity contribution in [1.29, 1.82) is 0 Å². The Morgan fingerprint density at radius 1 is 1.30 bits per heavy atom. The van der Waals surface area contributed by atoms with E-state index in [-0.39, 0.29) is 30.3 Å². The normalized spacial score (nSPS) is 21.1. The Labute approximate surface area is 118 Å². The fourth-order valence-electron chi connectivity index (χ4n) is 2.82. The Morgan fingerprint density at radius 3 is 2.40 bits per heavy atom. The van der Waals surface area contributed by atoms with Crippen molar-refractivity contribution in [3.8, 4) is 0 Å². The van der Waals surface area contributed by atoms with E-state index in [0.717, 1.165) is 17.0 Å².